The first-order chi connectivity index (χ1) is 27.5. The van der Waals surface area contributed by atoms with E-state index in [4.69, 9.17) is 34.3 Å². The van der Waals surface area contributed by atoms with Crippen LogP contribution in [0, 0.1) is 17.1 Å². The summed E-state index contributed by atoms with van der Waals surface area (Å²) in [5.74, 6) is -0.409. The molecule has 1 fully saturated rings. The summed E-state index contributed by atoms with van der Waals surface area (Å²) in [4.78, 5) is 14.5. The number of aliphatic hydroxyl groups excluding tert-OH is 2. The lowest BCUT2D eigenvalue weighted by Crippen LogP contribution is -2.39. The van der Waals surface area contributed by atoms with E-state index in [1.807, 2.05) is 6.07 Å². The van der Waals surface area contributed by atoms with E-state index >= 15 is 0 Å². The minimum Gasteiger partial charge on any atom is -0.387 e. The second-order valence-corrected chi connectivity index (χ2v) is 16.6. The summed E-state index contributed by atoms with van der Waals surface area (Å²) in [7, 11) is -4.75. The predicted molar refractivity (Wildman–Crippen MR) is 213 cm³/mol. The van der Waals surface area contributed by atoms with Crippen molar-refractivity contribution in [2.75, 3.05) is 32.2 Å². The maximum atomic E-state index is 14.6. The Morgan fingerprint density at radius 3 is 2.21 bits per heavy atom. The fraction of sp³-hybridized carbons (Fsp3) is 0.683. The molecule has 3 heterocycles. The third-order valence-electron chi connectivity index (χ3n) is 10.6. The van der Waals surface area contributed by atoms with E-state index in [0.717, 1.165) is 25.3 Å². The molecule has 1 aliphatic heterocycles. The van der Waals surface area contributed by atoms with Crippen molar-refractivity contribution in [3.05, 3.63) is 59.3 Å². The van der Waals surface area contributed by atoms with Crippen molar-refractivity contribution in [3.8, 4) is 6.07 Å². The Labute approximate surface area is 336 Å². The van der Waals surface area contributed by atoms with Gasteiger partial charge in [0.15, 0.2) is 5.82 Å². The van der Waals surface area contributed by atoms with Gasteiger partial charge in [0, 0.05) is 12.2 Å². The van der Waals surface area contributed by atoms with Crippen LogP contribution in [0.5, 0.6) is 0 Å². The number of hydrogen-bond acceptors (Lipinski definition) is 12. The maximum absolute atomic E-state index is 14.6. The van der Waals surface area contributed by atoms with E-state index in [0.29, 0.717) is 17.8 Å². The monoisotopic (exact) mass is 819 g/mol. The third-order valence-corrected chi connectivity index (χ3v) is 11.5. The number of benzene rings is 1. The van der Waals surface area contributed by atoms with Crippen LogP contribution in [0.4, 0.5) is 10.2 Å². The lowest BCUT2D eigenvalue weighted by atomic mass is 9.93. The topological polar surface area (TPSA) is 204 Å². The van der Waals surface area contributed by atoms with Gasteiger partial charge in [-0.1, -0.05) is 109 Å². The van der Waals surface area contributed by atoms with Gasteiger partial charge in [-0.25, -0.2) is 18.5 Å². The van der Waals surface area contributed by atoms with Gasteiger partial charge in [0.2, 0.25) is 0 Å². The Kier molecular flexibility index (Phi) is 19.8. The Morgan fingerprint density at radius 1 is 0.965 bits per heavy atom. The van der Waals surface area contributed by atoms with E-state index in [-0.39, 0.29) is 30.2 Å². The van der Waals surface area contributed by atoms with Gasteiger partial charge in [-0.3, -0.25) is 9.05 Å². The highest BCUT2D eigenvalue weighted by atomic mass is 31.2. The number of nitrogens with zero attached hydrogens (tertiary/aromatic N) is 4. The van der Waals surface area contributed by atoms with Crippen LogP contribution < -0.4 is 5.73 Å². The van der Waals surface area contributed by atoms with Crippen molar-refractivity contribution in [2.45, 2.75) is 153 Å². The van der Waals surface area contributed by atoms with Crippen LogP contribution in [-0.4, -0.2) is 80.5 Å². The standard InChI is InChI=1S/C41H63FN5O9P/c1-3-4-5-6-7-8-9-10-11-12-13-14-15-16-17-18-23-52-27-33(53-26-32-20-19-31(25-43)24-34(32)42)28-54-57(50,51)55-29-36-38(48)39(49)41(2,56-36)37-22-21-35-40(44)45-30-46-47(35)37/h19-22,24,30,33,36,38-39,48-49H,3-18,23,26-29H2,1-2H3,(H,50,51)(H2,44,45,46)/t33-,36-,38-,39-,41+/m1/s1. The minimum atomic E-state index is -4.75. The molecule has 0 radical (unpaired) electrons. The highest BCUT2D eigenvalue weighted by Crippen LogP contribution is 2.46. The smallest absolute Gasteiger partial charge is 0.387 e. The van der Waals surface area contributed by atoms with E-state index < -0.39 is 56.9 Å². The normalized spacial score (nSPS) is 21.2. The number of phosphoric acid groups is 1. The van der Waals surface area contributed by atoms with Crippen molar-refractivity contribution < 1.29 is 47.3 Å². The van der Waals surface area contributed by atoms with Crippen LogP contribution in [0.15, 0.2) is 36.7 Å². The highest BCUT2D eigenvalue weighted by Gasteiger charge is 2.54. The fourth-order valence-corrected chi connectivity index (χ4v) is 7.86. The molecule has 16 heteroatoms. The number of aliphatic hydroxyl groups is 2. The number of anilines is 1. The number of rotatable bonds is 29. The SMILES string of the molecule is CCCCCCCCCCCCCCCCCCOC[C@H](COP(=O)(O)OC[C@H]1O[C@@](C)(c2ccc3c(N)ncnn23)[C@H](O)[C@@H]1O)OCc1ccc(C#N)cc1F. The molecule has 1 unspecified atom stereocenters. The average molecular weight is 820 g/mol. The number of halogens is 1. The summed E-state index contributed by atoms with van der Waals surface area (Å²) in [5, 5.41) is 35.1. The van der Waals surface area contributed by atoms with Gasteiger partial charge in [0.25, 0.3) is 0 Å². The predicted octanol–water partition coefficient (Wildman–Crippen LogP) is 7.66. The Morgan fingerprint density at radius 2 is 1.60 bits per heavy atom. The Bertz CT molecular complexity index is 1730. The molecule has 0 spiro atoms. The molecule has 318 valence electrons. The average Bonchev–Trinajstić information content (AvgIpc) is 3.74. The number of ether oxygens (including phenoxy) is 3. The minimum absolute atomic E-state index is 0.00494. The van der Waals surface area contributed by atoms with Gasteiger partial charge in [0.1, 0.15) is 47.7 Å². The Hall–Kier alpha value is -3.03. The molecule has 1 saturated heterocycles. The van der Waals surface area contributed by atoms with Gasteiger partial charge in [-0.2, -0.15) is 10.4 Å². The van der Waals surface area contributed by atoms with Gasteiger partial charge >= 0.3 is 7.82 Å². The van der Waals surface area contributed by atoms with Crippen LogP contribution in [0.25, 0.3) is 5.52 Å². The zero-order valence-corrected chi connectivity index (χ0v) is 34.5. The van der Waals surface area contributed by atoms with Gasteiger partial charge in [-0.15, -0.1) is 0 Å². The number of unbranched alkanes of at least 4 members (excludes halogenated alkanes) is 15. The van der Waals surface area contributed by atoms with Gasteiger partial charge in [-0.05, 0) is 37.6 Å². The number of phosphoric ester groups is 1. The van der Waals surface area contributed by atoms with Crippen molar-refractivity contribution in [3.63, 3.8) is 0 Å². The molecule has 5 N–H and O–H groups in total. The molecule has 57 heavy (non-hydrogen) atoms. The molecule has 0 saturated carbocycles. The second kappa shape index (κ2) is 24.1. The lowest BCUT2D eigenvalue weighted by Gasteiger charge is -2.27. The summed E-state index contributed by atoms with van der Waals surface area (Å²) >= 11 is 0. The largest absolute Gasteiger partial charge is 0.472 e. The first kappa shape index (κ1) is 46.7. The second-order valence-electron chi connectivity index (χ2n) is 15.1. The lowest BCUT2D eigenvalue weighted by molar-refractivity contribution is -0.0901. The fourth-order valence-electron chi connectivity index (χ4n) is 7.09. The van der Waals surface area contributed by atoms with Crippen LogP contribution >= 0.6 is 7.82 Å². The molecular formula is C41H63FN5O9P. The quantitative estimate of drug-likeness (QED) is 0.0393. The molecule has 0 amide bonds. The zero-order valence-electron chi connectivity index (χ0n) is 33.6. The summed E-state index contributed by atoms with van der Waals surface area (Å²) in [6.07, 6.45) is 16.4. The van der Waals surface area contributed by atoms with Gasteiger partial charge in [0.05, 0.1) is 43.8 Å². The van der Waals surface area contributed by atoms with Crippen molar-refractivity contribution in [1.29, 1.82) is 5.26 Å². The Balaban J connectivity index is 1.18. The number of fused-ring (bicyclic) bond motifs is 1. The van der Waals surface area contributed by atoms with E-state index in [1.165, 1.54) is 106 Å². The van der Waals surface area contributed by atoms with Crippen LogP contribution in [0.3, 0.4) is 0 Å². The van der Waals surface area contributed by atoms with Crippen LogP contribution in [0.2, 0.25) is 0 Å². The van der Waals surface area contributed by atoms with Crippen molar-refractivity contribution in [2.24, 2.45) is 0 Å². The number of nitrogens with two attached hydrogens (primary N) is 1. The number of aromatic nitrogens is 3. The molecule has 1 aliphatic rings. The molecule has 14 nitrogen and oxygen atoms in total. The molecule has 3 aromatic rings. The van der Waals surface area contributed by atoms with Gasteiger partial charge < -0.3 is 35.1 Å². The molecule has 1 aromatic carbocycles. The molecule has 0 aliphatic carbocycles. The number of nitriles is 1. The molecule has 0 bridgehead atoms. The maximum Gasteiger partial charge on any atom is 0.472 e. The number of hydrogen-bond donors (Lipinski definition) is 4. The summed E-state index contributed by atoms with van der Waals surface area (Å²) in [6.45, 7) is 3.03. The first-order valence-electron chi connectivity index (χ1n) is 20.6. The van der Waals surface area contributed by atoms with Crippen molar-refractivity contribution in [1.82, 2.24) is 14.6 Å². The summed E-state index contributed by atoms with van der Waals surface area (Å²) in [5.41, 5.74) is 5.67. The highest BCUT2D eigenvalue weighted by molar-refractivity contribution is 7.47. The van der Waals surface area contributed by atoms with E-state index in [2.05, 4.69) is 17.0 Å². The first-order valence-corrected chi connectivity index (χ1v) is 22.1. The summed E-state index contributed by atoms with van der Waals surface area (Å²) < 4.78 is 57.2. The molecule has 4 rings (SSSR count). The number of nitrogen functional groups attached to an aromatic ring is 1. The van der Waals surface area contributed by atoms with E-state index in [1.54, 1.807) is 19.1 Å². The van der Waals surface area contributed by atoms with Crippen molar-refractivity contribution >= 4 is 19.2 Å². The van der Waals surface area contributed by atoms with Crippen LogP contribution in [0.1, 0.15) is 133 Å². The van der Waals surface area contributed by atoms with Crippen LogP contribution in [-0.2, 0) is 40.0 Å². The zero-order chi connectivity index (χ0) is 41.1. The van der Waals surface area contributed by atoms with E-state index in [9.17, 15) is 24.1 Å². The molecule has 2 aromatic heterocycles. The molecule has 6 atom stereocenters. The third kappa shape index (κ3) is 14.6. The molecular weight excluding hydrogens is 756 g/mol. The summed E-state index contributed by atoms with van der Waals surface area (Å²) in [6, 6.07) is 9.19.